The summed E-state index contributed by atoms with van der Waals surface area (Å²) >= 11 is 5.45. The van der Waals surface area contributed by atoms with Crippen LogP contribution in [0.2, 0.25) is 0 Å². The number of halogens is 1. The van der Waals surface area contributed by atoms with Crippen molar-refractivity contribution in [3.8, 4) is 11.6 Å². The van der Waals surface area contributed by atoms with Gasteiger partial charge in [-0.2, -0.15) is 9.97 Å². The molecule has 4 rings (SSSR count). The third-order valence-corrected chi connectivity index (χ3v) is 5.65. The van der Waals surface area contributed by atoms with Crippen molar-refractivity contribution >= 4 is 29.1 Å². The second-order valence-electron chi connectivity index (χ2n) is 7.96. The van der Waals surface area contributed by atoms with Crippen LogP contribution in [0.1, 0.15) is 31.2 Å². The highest BCUT2D eigenvalue weighted by atomic mass is 32.1. The smallest absolute Gasteiger partial charge is 0.234 e. The minimum Gasteiger partial charge on any atom is -0.439 e. The highest BCUT2D eigenvalue weighted by Crippen LogP contribution is 2.26. The zero-order chi connectivity index (χ0) is 22.9. The molecule has 0 bridgehead atoms. The molecule has 1 fully saturated rings. The van der Waals surface area contributed by atoms with Crippen LogP contribution in [0.3, 0.4) is 0 Å². The Morgan fingerprint density at radius 2 is 1.76 bits per heavy atom. The van der Waals surface area contributed by atoms with E-state index < -0.39 is 0 Å². The van der Waals surface area contributed by atoms with Gasteiger partial charge in [0.15, 0.2) is 5.11 Å². The lowest BCUT2D eigenvalue weighted by molar-refractivity contribution is 0.461. The number of ether oxygens (including phenoxy) is 1. The van der Waals surface area contributed by atoms with Gasteiger partial charge in [-0.15, -0.1) is 0 Å². The molecule has 0 atom stereocenters. The zero-order valence-corrected chi connectivity index (χ0v) is 19.3. The maximum Gasteiger partial charge on any atom is 0.234 e. The van der Waals surface area contributed by atoms with Gasteiger partial charge in [0.25, 0.3) is 0 Å². The van der Waals surface area contributed by atoms with Crippen LogP contribution >= 0.6 is 12.2 Å². The van der Waals surface area contributed by atoms with E-state index in [9.17, 15) is 4.39 Å². The molecule has 1 aromatic heterocycles. The fourth-order valence-electron chi connectivity index (χ4n) is 3.71. The molecular formula is C25H28FN5OS. The fourth-order valence-corrected chi connectivity index (χ4v) is 3.90. The van der Waals surface area contributed by atoms with Crippen molar-refractivity contribution in [1.29, 1.82) is 0 Å². The summed E-state index contributed by atoms with van der Waals surface area (Å²) in [5, 5.41) is 6.74. The van der Waals surface area contributed by atoms with Crippen molar-refractivity contribution in [2.45, 2.75) is 32.1 Å². The van der Waals surface area contributed by atoms with Crippen molar-refractivity contribution in [2.24, 2.45) is 0 Å². The Balaban J connectivity index is 1.37. The van der Waals surface area contributed by atoms with E-state index in [0.717, 1.165) is 50.2 Å². The van der Waals surface area contributed by atoms with Crippen LogP contribution in [0.25, 0.3) is 0 Å². The summed E-state index contributed by atoms with van der Waals surface area (Å²) in [5.74, 6) is 2.20. The van der Waals surface area contributed by atoms with Gasteiger partial charge < -0.3 is 20.3 Å². The third-order valence-electron chi connectivity index (χ3n) is 5.40. The van der Waals surface area contributed by atoms with E-state index >= 15 is 0 Å². The second kappa shape index (κ2) is 11.6. The summed E-state index contributed by atoms with van der Waals surface area (Å²) in [6.07, 6.45) is 5.24. The molecule has 2 N–H and O–H groups in total. The first-order chi connectivity index (χ1) is 16.2. The summed E-state index contributed by atoms with van der Waals surface area (Å²) in [6.45, 7) is 2.61. The first-order valence-electron chi connectivity index (χ1n) is 11.3. The van der Waals surface area contributed by atoms with Crippen molar-refractivity contribution in [3.63, 3.8) is 0 Å². The molecule has 2 aromatic carbocycles. The third kappa shape index (κ3) is 7.12. The average molecular weight is 466 g/mol. The number of nitrogens with zero attached hydrogens (tertiary/aromatic N) is 3. The van der Waals surface area contributed by atoms with Gasteiger partial charge in [0.05, 0.1) is 0 Å². The van der Waals surface area contributed by atoms with Crippen molar-refractivity contribution in [1.82, 2.24) is 15.3 Å². The van der Waals surface area contributed by atoms with Crippen molar-refractivity contribution in [2.75, 3.05) is 29.9 Å². The molecule has 1 aliphatic rings. The molecule has 2 heterocycles. The van der Waals surface area contributed by atoms with Gasteiger partial charge >= 0.3 is 0 Å². The number of rotatable bonds is 8. The minimum absolute atomic E-state index is 0.218. The number of nitrogens with one attached hydrogen (secondary N) is 2. The number of para-hydroxylation sites is 1. The Labute approximate surface area is 199 Å². The first kappa shape index (κ1) is 22.9. The number of anilines is 2. The van der Waals surface area contributed by atoms with Crippen LogP contribution in [0, 0.1) is 5.82 Å². The van der Waals surface area contributed by atoms with E-state index in [1.54, 1.807) is 12.1 Å². The highest BCUT2D eigenvalue weighted by molar-refractivity contribution is 7.80. The van der Waals surface area contributed by atoms with Gasteiger partial charge in [-0.3, -0.25) is 0 Å². The van der Waals surface area contributed by atoms with Crippen LogP contribution in [0.5, 0.6) is 11.6 Å². The Bertz CT molecular complexity index is 1040. The number of piperidine rings is 1. The quantitative estimate of drug-likeness (QED) is 0.345. The normalized spacial score (nSPS) is 13.4. The molecule has 1 aliphatic heterocycles. The molecule has 172 valence electrons. The molecule has 3 aromatic rings. The second-order valence-corrected chi connectivity index (χ2v) is 8.37. The van der Waals surface area contributed by atoms with E-state index in [2.05, 4.69) is 25.5 Å². The molecule has 0 aliphatic carbocycles. The molecule has 0 radical (unpaired) electrons. The number of thiocarbonyl (C=S) groups is 1. The molecule has 6 nitrogen and oxygen atoms in total. The molecule has 1 saturated heterocycles. The summed E-state index contributed by atoms with van der Waals surface area (Å²) in [6, 6.07) is 18.0. The van der Waals surface area contributed by atoms with Gasteiger partial charge in [-0.05, 0) is 74.2 Å². The maximum atomic E-state index is 13.0. The van der Waals surface area contributed by atoms with Crippen LogP contribution in [-0.4, -0.2) is 34.7 Å². The van der Waals surface area contributed by atoms with Crippen LogP contribution < -0.4 is 20.3 Å². The summed E-state index contributed by atoms with van der Waals surface area (Å²) in [5.41, 5.74) is 1.09. The molecule has 0 spiro atoms. The molecule has 8 heteroatoms. The number of benzene rings is 2. The lowest BCUT2D eigenvalue weighted by Gasteiger charge is -2.28. The average Bonchev–Trinajstić information content (AvgIpc) is 2.84. The van der Waals surface area contributed by atoms with E-state index in [1.165, 1.54) is 18.6 Å². The Morgan fingerprint density at radius 1 is 1.00 bits per heavy atom. The van der Waals surface area contributed by atoms with Crippen LogP contribution in [-0.2, 0) is 6.42 Å². The summed E-state index contributed by atoms with van der Waals surface area (Å²) in [4.78, 5) is 11.5. The molecule has 0 amide bonds. The number of aryl methyl sites for hydroxylation is 1. The van der Waals surface area contributed by atoms with Crippen molar-refractivity contribution < 1.29 is 9.13 Å². The van der Waals surface area contributed by atoms with Gasteiger partial charge in [0.1, 0.15) is 17.4 Å². The van der Waals surface area contributed by atoms with E-state index in [-0.39, 0.29) is 5.82 Å². The first-order valence-corrected chi connectivity index (χ1v) is 11.7. The molecule has 33 heavy (non-hydrogen) atoms. The van der Waals surface area contributed by atoms with E-state index in [0.29, 0.717) is 29.2 Å². The van der Waals surface area contributed by atoms with Crippen LogP contribution in [0.4, 0.5) is 16.2 Å². The fraction of sp³-hybridized carbons (Fsp3) is 0.320. The predicted molar refractivity (Wildman–Crippen MR) is 134 cm³/mol. The standard InChI is InChI=1S/C25H28FN5OS/c26-20-13-11-19(12-14-20)8-7-15-27-25(33)30-24-28-22(31-16-5-2-6-17-31)18-23(29-24)32-21-9-3-1-4-10-21/h1,3-4,9-14,18H,2,5-8,15-17H2,(H2,27,28,29,30,33). The predicted octanol–water partition coefficient (Wildman–Crippen LogP) is 5.32. The molecular weight excluding hydrogens is 437 g/mol. The number of hydrogen-bond acceptors (Lipinski definition) is 5. The number of hydrogen-bond donors (Lipinski definition) is 2. The molecule has 0 unspecified atom stereocenters. The highest BCUT2D eigenvalue weighted by Gasteiger charge is 2.16. The van der Waals surface area contributed by atoms with Gasteiger partial charge in [-0.25, -0.2) is 4.39 Å². The molecule has 0 saturated carbocycles. The monoisotopic (exact) mass is 465 g/mol. The van der Waals surface area contributed by atoms with E-state index in [1.807, 2.05) is 36.4 Å². The van der Waals surface area contributed by atoms with Crippen molar-refractivity contribution in [3.05, 3.63) is 72.0 Å². The number of aromatic nitrogens is 2. The lowest BCUT2D eigenvalue weighted by Crippen LogP contribution is -2.32. The Kier molecular flexibility index (Phi) is 8.03. The summed E-state index contributed by atoms with van der Waals surface area (Å²) in [7, 11) is 0. The van der Waals surface area contributed by atoms with Gasteiger partial charge in [0.2, 0.25) is 11.8 Å². The largest absolute Gasteiger partial charge is 0.439 e. The van der Waals surface area contributed by atoms with E-state index in [4.69, 9.17) is 17.0 Å². The van der Waals surface area contributed by atoms with Gasteiger partial charge in [-0.1, -0.05) is 30.3 Å². The van der Waals surface area contributed by atoms with Gasteiger partial charge in [0, 0.05) is 25.7 Å². The Hall–Kier alpha value is -3.26. The summed E-state index contributed by atoms with van der Waals surface area (Å²) < 4.78 is 19.0. The lowest BCUT2D eigenvalue weighted by atomic mass is 10.1. The topological polar surface area (TPSA) is 62.3 Å². The minimum atomic E-state index is -0.218. The maximum absolute atomic E-state index is 13.0. The SMILES string of the molecule is Fc1ccc(CCCNC(=S)Nc2nc(Oc3ccccc3)cc(N3CCCCC3)n2)cc1. The zero-order valence-electron chi connectivity index (χ0n) is 18.5. The Morgan fingerprint density at radius 3 is 2.52 bits per heavy atom. The van der Waals surface area contributed by atoms with Crippen LogP contribution in [0.15, 0.2) is 60.7 Å².